The van der Waals surface area contributed by atoms with Gasteiger partial charge in [-0.05, 0) is 30.2 Å². The second-order valence-corrected chi connectivity index (χ2v) is 5.25. The summed E-state index contributed by atoms with van der Waals surface area (Å²) in [4.78, 5) is 28.1. The second kappa shape index (κ2) is 9.48. The molecule has 0 saturated carbocycles. The lowest BCUT2D eigenvalue weighted by atomic mass is 10.1. The predicted octanol–water partition coefficient (Wildman–Crippen LogP) is 1.57. The van der Waals surface area contributed by atoms with Gasteiger partial charge in [0.15, 0.2) is 0 Å². The fraction of sp³-hybridized carbons (Fsp3) is 0.278. The van der Waals surface area contributed by atoms with Crippen molar-refractivity contribution in [1.29, 1.82) is 0 Å². The maximum atomic E-state index is 13.5. The maximum absolute atomic E-state index is 13.5. The minimum Gasteiger partial charge on any atom is -0.383 e. The molecule has 0 radical (unpaired) electrons. The van der Waals surface area contributed by atoms with Crippen molar-refractivity contribution in [3.05, 3.63) is 65.2 Å². The van der Waals surface area contributed by atoms with Gasteiger partial charge in [-0.25, -0.2) is 9.37 Å². The number of carbonyl (C=O) groups is 2. The van der Waals surface area contributed by atoms with Crippen molar-refractivity contribution in [2.24, 2.45) is 0 Å². The highest BCUT2D eigenvalue weighted by Gasteiger charge is 2.12. The molecule has 6 nitrogen and oxygen atoms in total. The first-order valence-corrected chi connectivity index (χ1v) is 7.87. The number of ether oxygens (including phenoxy) is 1. The Morgan fingerprint density at radius 2 is 1.64 bits per heavy atom. The lowest BCUT2D eigenvalue weighted by Crippen LogP contribution is -2.30. The number of hydrogen-bond donors (Lipinski definition) is 2. The van der Waals surface area contributed by atoms with Gasteiger partial charge < -0.3 is 15.4 Å². The van der Waals surface area contributed by atoms with Gasteiger partial charge in [0.1, 0.15) is 17.2 Å². The highest BCUT2D eigenvalue weighted by molar-refractivity contribution is 5.96. The van der Waals surface area contributed by atoms with Crippen molar-refractivity contribution >= 4 is 11.8 Å². The minimum atomic E-state index is -0.414. The Labute approximate surface area is 145 Å². The van der Waals surface area contributed by atoms with Gasteiger partial charge in [-0.2, -0.15) is 0 Å². The monoisotopic (exact) mass is 345 g/mol. The lowest BCUT2D eigenvalue weighted by Gasteiger charge is -2.07. The Hall–Kier alpha value is -2.80. The van der Waals surface area contributed by atoms with Crippen LogP contribution >= 0.6 is 0 Å². The van der Waals surface area contributed by atoms with E-state index in [0.717, 1.165) is 0 Å². The molecule has 25 heavy (non-hydrogen) atoms. The van der Waals surface area contributed by atoms with Crippen LogP contribution in [0.2, 0.25) is 0 Å². The summed E-state index contributed by atoms with van der Waals surface area (Å²) in [5.74, 6) is -1.09. The fourth-order valence-corrected chi connectivity index (χ4v) is 2.15. The van der Waals surface area contributed by atoms with E-state index < -0.39 is 5.91 Å². The van der Waals surface area contributed by atoms with E-state index in [-0.39, 0.29) is 29.7 Å². The van der Waals surface area contributed by atoms with Crippen LogP contribution in [0.15, 0.2) is 42.5 Å². The van der Waals surface area contributed by atoms with Crippen LogP contribution in [0.25, 0.3) is 0 Å². The third-order valence-corrected chi connectivity index (χ3v) is 3.44. The summed E-state index contributed by atoms with van der Waals surface area (Å²) in [6.07, 6.45) is 0.371. The van der Waals surface area contributed by atoms with Gasteiger partial charge in [0.25, 0.3) is 11.8 Å². The number of aromatic nitrogens is 1. The molecule has 132 valence electrons. The standard InChI is InChI=1S/C18H20FN3O3/c1-25-12-11-21-18(24)16-8-4-7-15(22-16)17(23)20-10-9-13-5-2-3-6-14(13)19/h2-8H,9-12H2,1H3,(H,20,23)(H,21,24). The number of amides is 2. The van der Waals surface area contributed by atoms with Gasteiger partial charge in [0, 0.05) is 20.2 Å². The van der Waals surface area contributed by atoms with Gasteiger partial charge >= 0.3 is 0 Å². The SMILES string of the molecule is COCCNC(=O)c1cccc(C(=O)NCCc2ccccc2F)n1. The average molecular weight is 345 g/mol. The number of benzene rings is 1. The summed E-state index contributed by atoms with van der Waals surface area (Å²) in [5, 5.41) is 5.31. The van der Waals surface area contributed by atoms with Crippen molar-refractivity contribution < 1.29 is 18.7 Å². The quantitative estimate of drug-likeness (QED) is 0.712. The molecule has 1 aromatic carbocycles. The first kappa shape index (κ1) is 18.5. The van der Waals surface area contributed by atoms with Crippen LogP contribution in [-0.2, 0) is 11.2 Å². The summed E-state index contributed by atoms with van der Waals surface area (Å²) in [5.41, 5.74) is 0.813. The van der Waals surface area contributed by atoms with Gasteiger partial charge in [-0.15, -0.1) is 0 Å². The Bertz CT molecular complexity index is 737. The molecule has 2 aromatic rings. The van der Waals surface area contributed by atoms with Crippen molar-refractivity contribution in [1.82, 2.24) is 15.6 Å². The third kappa shape index (κ3) is 5.65. The van der Waals surface area contributed by atoms with Crippen LogP contribution in [0.5, 0.6) is 0 Å². The largest absolute Gasteiger partial charge is 0.383 e. The van der Waals surface area contributed by atoms with Gasteiger partial charge in [-0.3, -0.25) is 9.59 Å². The average Bonchev–Trinajstić information content (AvgIpc) is 2.63. The molecule has 2 rings (SSSR count). The molecule has 0 unspecified atom stereocenters. The summed E-state index contributed by atoms with van der Waals surface area (Å²) < 4.78 is 18.4. The number of halogens is 1. The number of methoxy groups -OCH3 is 1. The van der Waals surface area contributed by atoms with Crippen molar-refractivity contribution in [3.8, 4) is 0 Å². The van der Waals surface area contributed by atoms with Crippen molar-refractivity contribution in [2.45, 2.75) is 6.42 Å². The first-order valence-electron chi connectivity index (χ1n) is 7.87. The summed E-state index contributed by atoms with van der Waals surface area (Å²) >= 11 is 0. The molecule has 0 atom stereocenters. The van der Waals surface area contributed by atoms with E-state index in [1.54, 1.807) is 24.3 Å². The Morgan fingerprint density at radius 3 is 2.28 bits per heavy atom. The summed E-state index contributed by atoms with van der Waals surface area (Å²) in [6, 6.07) is 11.0. The highest BCUT2D eigenvalue weighted by atomic mass is 19.1. The zero-order valence-corrected chi connectivity index (χ0v) is 13.9. The number of nitrogens with zero attached hydrogens (tertiary/aromatic N) is 1. The molecule has 2 amide bonds. The minimum absolute atomic E-state index is 0.132. The molecular weight excluding hydrogens is 325 g/mol. The molecule has 0 spiro atoms. The zero-order chi connectivity index (χ0) is 18.1. The van der Waals surface area contributed by atoms with E-state index in [2.05, 4.69) is 15.6 Å². The van der Waals surface area contributed by atoms with Crippen molar-refractivity contribution in [3.63, 3.8) is 0 Å². The predicted molar refractivity (Wildman–Crippen MR) is 90.9 cm³/mol. The zero-order valence-electron chi connectivity index (χ0n) is 13.9. The van der Waals surface area contributed by atoms with E-state index in [0.29, 0.717) is 25.1 Å². The number of nitrogens with one attached hydrogen (secondary N) is 2. The molecule has 0 bridgehead atoms. The van der Waals surface area contributed by atoms with E-state index in [1.807, 2.05) is 0 Å². The summed E-state index contributed by atoms with van der Waals surface area (Å²) in [7, 11) is 1.54. The Morgan fingerprint density at radius 1 is 1.00 bits per heavy atom. The maximum Gasteiger partial charge on any atom is 0.269 e. The molecular formula is C18H20FN3O3. The lowest BCUT2D eigenvalue weighted by molar-refractivity contribution is 0.0931. The van der Waals surface area contributed by atoms with Crippen LogP contribution in [0, 0.1) is 5.82 Å². The van der Waals surface area contributed by atoms with Crippen LogP contribution in [0.1, 0.15) is 26.5 Å². The summed E-state index contributed by atoms with van der Waals surface area (Å²) in [6.45, 7) is 1.02. The van der Waals surface area contributed by atoms with E-state index in [1.165, 1.54) is 25.3 Å². The van der Waals surface area contributed by atoms with Crippen LogP contribution in [0.4, 0.5) is 4.39 Å². The van der Waals surface area contributed by atoms with Gasteiger partial charge in [0.2, 0.25) is 0 Å². The third-order valence-electron chi connectivity index (χ3n) is 3.44. The molecule has 1 aromatic heterocycles. The van der Waals surface area contributed by atoms with E-state index in [9.17, 15) is 14.0 Å². The first-order chi connectivity index (χ1) is 12.1. The van der Waals surface area contributed by atoms with Crippen molar-refractivity contribution in [2.75, 3.05) is 26.8 Å². The van der Waals surface area contributed by atoms with E-state index >= 15 is 0 Å². The normalized spacial score (nSPS) is 10.3. The molecule has 1 heterocycles. The number of pyridine rings is 1. The molecule has 2 N–H and O–H groups in total. The molecule has 0 saturated heterocycles. The van der Waals surface area contributed by atoms with Crippen LogP contribution in [-0.4, -0.2) is 43.6 Å². The van der Waals surface area contributed by atoms with Gasteiger partial charge in [0.05, 0.1) is 6.61 Å². The second-order valence-electron chi connectivity index (χ2n) is 5.25. The molecule has 0 aliphatic rings. The van der Waals surface area contributed by atoms with Crippen LogP contribution < -0.4 is 10.6 Å². The van der Waals surface area contributed by atoms with E-state index in [4.69, 9.17) is 4.74 Å². The van der Waals surface area contributed by atoms with Gasteiger partial charge in [-0.1, -0.05) is 24.3 Å². The fourth-order valence-electron chi connectivity index (χ4n) is 2.15. The number of hydrogen-bond acceptors (Lipinski definition) is 4. The number of rotatable bonds is 8. The smallest absolute Gasteiger partial charge is 0.269 e. The number of carbonyl (C=O) groups excluding carboxylic acids is 2. The molecule has 0 fully saturated rings. The topological polar surface area (TPSA) is 80.3 Å². The molecule has 0 aliphatic heterocycles. The Kier molecular flexibility index (Phi) is 7.03. The molecule has 7 heteroatoms. The highest BCUT2D eigenvalue weighted by Crippen LogP contribution is 2.06. The Balaban J connectivity index is 1.90. The van der Waals surface area contributed by atoms with Crippen LogP contribution in [0.3, 0.4) is 0 Å². The molecule has 0 aliphatic carbocycles.